The van der Waals surface area contributed by atoms with E-state index >= 15 is 0 Å². The highest BCUT2D eigenvalue weighted by Gasteiger charge is 2.36. The molecule has 0 saturated heterocycles. The van der Waals surface area contributed by atoms with Crippen LogP contribution in [0.5, 0.6) is 11.5 Å². The first-order valence-corrected chi connectivity index (χ1v) is 18.0. The molecule has 0 amide bonds. The van der Waals surface area contributed by atoms with E-state index in [1.165, 1.54) is 12.1 Å². The molecule has 0 bridgehead atoms. The number of nitrogens with zero attached hydrogens (tertiary/aromatic N) is 1. The molecule has 0 spiro atoms. The van der Waals surface area contributed by atoms with Crippen molar-refractivity contribution in [2.24, 2.45) is 0 Å². The van der Waals surface area contributed by atoms with E-state index in [2.05, 4.69) is 0 Å². The number of anilines is 3. The highest BCUT2D eigenvalue weighted by molar-refractivity contribution is 6.01. The van der Waals surface area contributed by atoms with Crippen molar-refractivity contribution in [2.75, 3.05) is 4.90 Å². The van der Waals surface area contributed by atoms with Crippen LogP contribution in [-0.4, -0.2) is 0 Å². The quantitative estimate of drug-likeness (QED) is 0.174. The smallest absolute Gasteiger partial charge is 0.137 e. The molecule has 0 saturated carbocycles. The van der Waals surface area contributed by atoms with Crippen LogP contribution in [0.25, 0.3) is 66.4 Å². The van der Waals surface area contributed by atoms with E-state index in [-0.39, 0.29) is 11.4 Å². The molecule has 1 aliphatic heterocycles. The van der Waals surface area contributed by atoms with E-state index in [9.17, 15) is 8.22 Å². The van der Waals surface area contributed by atoms with E-state index in [4.69, 9.17) is 25.3 Å². The second kappa shape index (κ2) is 13.0. The second-order valence-corrected chi connectivity index (χ2v) is 13.7. The van der Waals surface area contributed by atoms with E-state index in [1.807, 2.05) is 78.9 Å². The van der Waals surface area contributed by atoms with Crippen LogP contribution in [-0.2, 0) is 5.41 Å². The summed E-state index contributed by atoms with van der Waals surface area (Å²) in [7, 11) is 0. The molecule has 2 aliphatic rings. The molecule has 0 unspecified atom stereocenters. The van der Waals surface area contributed by atoms with Crippen molar-refractivity contribution in [3.63, 3.8) is 0 Å². The monoisotopic (exact) mass is 750 g/mol. The third-order valence-corrected chi connectivity index (χ3v) is 10.4. The van der Waals surface area contributed by atoms with Crippen molar-refractivity contribution in [2.45, 2.75) is 19.1 Å². The predicted octanol–water partition coefficient (Wildman–Crippen LogP) is 15.4. The first-order valence-electron chi connectivity index (χ1n) is 28.5. The Bertz CT molecular complexity index is 4040. The summed E-state index contributed by atoms with van der Waals surface area (Å²) in [5, 5.41) is 1.79. The van der Waals surface area contributed by atoms with E-state index in [0.29, 0.717) is 22.4 Å². The number of fused-ring (bicyclic) bond motifs is 9. The van der Waals surface area contributed by atoms with Crippen LogP contribution in [0.3, 0.4) is 0 Å². The molecule has 9 aromatic carbocycles. The van der Waals surface area contributed by atoms with Gasteiger partial charge in [0.25, 0.3) is 0 Å². The summed E-state index contributed by atoms with van der Waals surface area (Å²) < 4.78 is 196. The van der Waals surface area contributed by atoms with Crippen molar-refractivity contribution in [1.82, 2.24) is 0 Å². The van der Waals surface area contributed by atoms with Gasteiger partial charge >= 0.3 is 0 Å². The van der Waals surface area contributed by atoms with Crippen LogP contribution in [0, 0.1) is 0 Å². The van der Waals surface area contributed by atoms with Crippen LogP contribution in [0.2, 0.25) is 0 Å². The first-order chi connectivity index (χ1) is 36.7. The normalized spacial score (nSPS) is 18.7. The molecule has 2 nitrogen and oxygen atoms in total. The topological polar surface area (TPSA) is 12.5 Å². The van der Waals surface area contributed by atoms with Crippen molar-refractivity contribution in [3.8, 4) is 67.1 Å². The maximum atomic E-state index is 10.1. The zero-order chi connectivity index (χ0) is 56.1. The maximum Gasteiger partial charge on any atom is 0.137 e. The molecule has 0 fully saturated rings. The van der Waals surface area contributed by atoms with Gasteiger partial charge in [-0.1, -0.05) is 147 Å². The minimum Gasteiger partial charge on any atom is -0.456 e. The Kier molecular flexibility index (Phi) is 4.14. The largest absolute Gasteiger partial charge is 0.456 e. The Morgan fingerprint density at radius 1 is 0.439 bits per heavy atom. The molecule has 9 aromatic rings. The van der Waals surface area contributed by atoms with E-state index in [0.717, 1.165) is 38.4 Å². The number of hydrogen-bond acceptors (Lipinski definition) is 2. The Morgan fingerprint density at radius 2 is 1.14 bits per heavy atom. The number of hydrogen-bond donors (Lipinski definition) is 0. The lowest BCUT2D eigenvalue weighted by atomic mass is 9.82. The van der Waals surface area contributed by atoms with Gasteiger partial charge in [-0.05, 0) is 127 Å². The summed E-state index contributed by atoms with van der Waals surface area (Å²) in [6.07, 6.45) is 0. The van der Waals surface area contributed by atoms with Gasteiger partial charge < -0.3 is 9.64 Å². The SMILES string of the molecule is [2H]c1cc(N(c2ccc3c(c2)Oc2ccc(-c4ccccc4)cc2-c2cc4ccccc4cc2-3)c2c([2H])c([2H])c(-c3c([2H])c([2H])c([2H])c([2H])c3[2H])c([2H])c2[2H])c([2H])c2c1-c1c([2H])c([2H])c([2H])c([2H])c1C2(C([2H])([2H])[2H])C([2H])([2H])[2H]. The van der Waals surface area contributed by atoms with E-state index in [1.54, 1.807) is 12.1 Å². The van der Waals surface area contributed by atoms with Crippen LogP contribution in [0.4, 0.5) is 17.1 Å². The summed E-state index contributed by atoms with van der Waals surface area (Å²) >= 11 is 0. The van der Waals surface area contributed by atoms with Gasteiger partial charge in [-0.15, -0.1) is 0 Å². The fourth-order valence-corrected chi connectivity index (χ4v) is 7.65. The molecule has 57 heavy (non-hydrogen) atoms. The van der Waals surface area contributed by atoms with Crippen LogP contribution in [0.1, 0.15) is 53.6 Å². The lowest BCUT2D eigenvalue weighted by Gasteiger charge is -2.29. The second-order valence-electron chi connectivity index (χ2n) is 13.7. The van der Waals surface area contributed by atoms with Crippen molar-refractivity contribution in [1.29, 1.82) is 0 Å². The average molecular weight is 751 g/mol. The molecule has 0 N–H and O–H groups in total. The number of rotatable bonds is 5. The molecule has 0 radical (unpaired) electrons. The summed E-state index contributed by atoms with van der Waals surface area (Å²) in [6.45, 7) is -7.47. The molecule has 270 valence electrons. The Balaban J connectivity index is 1.25. The van der Waals surface area contributed by atoms with Gasteiger partial charge in [0.05, 0.1) is 20.6 Å². The minimum absolute atomic E-state index is 0.113. The van der Waals surface area contributed by atoms with Gasteiger partial charge in [-0.3, -0.25) is 0 Å². The molecule has 2 heteroatoms. The Hall–Kier alpha value is -7.16. The minimum atomic E-state index is -3.74. The first kappa shape index (κ1) is 18.2. The predicted molar refractivity (Wildman–Crippen MR) is 238 cm³/mol. The molecule has 1 heterocycles. The van der Waals surface area contributed by atoms with E-state index < -0.39 is 155 Å². The number of benzene rings is 9. The third-order valence-electron chi connectivity index (χ3n) is 10.4. The van der Waals surface area contributed by atoms with Crippen molar-refractivity contribution in [3.05, 3.63) is 211 Å². The summed E-state index contributed by atoms with van der Waals surface area (Å²) in [5.41, 5.74) is -4.67. The van der Waals surface area contributed by atoms with Gasteiger partial charge in [0.1, 0.15) is 11.5 Å². The lowest BCUT2D eigenvalue weighted by Crippen LogP contribution is -2.16. The standard InChI is InChI=1S/C55H39NO/c1-55(2)51-20-12-11-19-45(51)46-28-26-43(34-52(46)55)56(42-24-21-38(22-25-42)36-13-5-3-6-14-36)44-27-29-47-48-31-39-17-9-10-18-40(39)32-49(48)50-33-41(37-15-7-4-8-16-37)23-30-53(50)57-54(47)35-44/h3-35H,1-2H3/i1D3,2D3,3D,5D,6D,11D,12D,13D,14D,19D,20D,21D,22D,24D,25D,28D,34D. The highest BCUT2D eigenvalue weighted by atomic mass is 16.5. The average Bonchev–Trinajstić information content (AvgIpc) is 3.30. The van der Waals surface area contributed by atoms with Crippen LogP contribution < -0.4 is 9.64 Å². The highest BCUT2D eigenvalue weighted by Crippen LogP contribution is 2.53. The van der Waals surface area contributed by atoms with Crippen LogP contribution >= 0.6 is 0 Å². The Labute approximate surface area is 363 Å². The summed E-state index contributed by atoms with van der Waals surface area (Å²) in [5.74, 6) is 0.520. The molecular formula is C55H39NO. The third kappa shape index (κ3) is 5.48. The van der Waals surface area contributed by atoms with Gasteiger partial charge in [0.15, 0.2) is 0 Å². The molecule has 11 rings (SSSR count). The lowest BCUT2D eigenvalue weighted by molar-refractivity contribution is 0.488. The number of ether oxygens (including phenoxy) is 1. The Morgan fingerprint density at radius 3 is 1.93 bits per heavy atom. The summed E-state index contributed by atoms with van der Waals surface area (Å²) in [4.78, 5) is 0.990. The molecule has 0 aromatic heterocycles. The van der Waals surface area contributed by atoms with Crippen molar-refractivity contribution < 1.29 is 33.5 Å². The molecule has 0 atom stereocenters. The van der Waals surface area contributed by atoms with Crippen molar-refractivity contribution >= 4 is 27.8 Å². The maximum absolute atomic E-state index is 10.1. The fraction of sp³-hybridized carbons (Fsp3) is 0.0545. The zero-order valence-corrected chi connectivity index (χ0v) is 29.7. The van der Waals surface area contributed by atoms with Crippen LogP contribution in [0.15, 0.2) is 200 Å². The van der Waals surface area contributed by atoms with Gasteiger partial charge in [-0.2, -0.15) is 0 Å². The molecular weight excluding hydrogens is 691 g/mol. The fourth-order valence-electron chi connectivity index (χ4n) is 7.65. The van der Waals surface area contributed by atoms with Gasteiger partial charge in [0.2, 0.25) is 0 Å². The zero-order valence-electron chi connectivity index (χ0n) is 50.7. The summed E-state index contributed by atoms with van der Waals surface area (Å²) in [6, 6.07) is 19.4. The van der Waals surface area contributed by atoms with Gasteiger partial charge in [-0.25, -0.2) is 0 Å². The van der Waals surface area contributed by atoms with Gasteiger partial charge in [0, 0.05) is 47.9 Å². The molecule has 1 aliphatic carbocycles.